The number of hydrogen-bond donors (Lipinski definition) is 2. The van der Waals surface area contributed by atoms with Gasteiger partial charge in [0.05, 0.1) is 0 Å². The van der Waals surface area contributed by atoms with Crippen molar-refractivity contribution < 1.29 is 9.63 Å². The van der Waals surface area contributed by atoms with E-state index in [1.165, 1.54) is 0 Å². The SMILES string of the molecule is CC(C)c1cc(C(O)CN)no1. The van der Waals surface area contributed by atoms with Gasteiger partial charge in [0.25, 0.3) is 0 Å². The van der Waals surface area contributed by atoms with Crippen molar-refractivity contribution in [2.24, 2.45) is 5.73 Å². The van der Waals surface area contributed by atoms with Crippen molar-refractivity contribution in [3.63, 3.8) is 0 Å². The summed E-state index contributed by atoms with van der Waals surface area (Å²) in [5.41, 5.74) is 5.77. The zero-order valence-electron chi connectivity index (χ0n) is 7.32. The summed E-state index contributed by atoms with van der Waals surface area (Å²) in [6.07, 6.45) is -0.707. The molecule has 0 bridgehead atoms. The summed E-state index contributed by atoms with van der Waals surface area (Å²) in [6, 6.07) is 1.74. The minimum absolute atomic E-state index is 0.171. The predicted octanol–water partition coefficient (Wildman–Crippen LogP) is 0.790. The maximum atomic E-state index is 9.28. The van der Waals surface area contributed by atoms with E-state index in [1.54, 1.807) is 6.07 Å². The topological polar surface area (TPSA) is 72.3 Å². The fourth-order valence-electron chi connectivity index (χ4n) is 0.854. The second-order valence-electron chi connectivity index (χ2n) is 3.06. The Morgan fingerprint density at radius 1 is 1.67 bits per heavy atom. The van der Waals surface area contributed by atoms with Gasteiger partial charge < -0.3 is 15.4 Å². The number of aliphatic hydroxyl groups is 1. The first-order chi connectivity index (χ1) is 5.65. The summed E-state index contributed by atoms with van der Waals surface area (Å²) in [4.78, 5) is 0. The van der Waals surface area contributed by atoms with Gasteiger partial charge in [-0.1, -0.05) is 19.0 Å². The molecular weight excluding hydrogens is 156 g/mol. The van der Waals surface area contributed by atoms with E-state index in [1.807, 2.05) is 13.8 Å². The average molecular weight is 170 g/mol. The Balaban J connectivity index is 2.77. The third kappa shape index (κ3) is 1.84. The van der Waals surface area contributed by atoms with Crippen molar-refractivity contribution in [1.82, 2.24) is 5.16 Å². The maximum absolute atomic E-state index is 9.28. The standard InChI is InChI=1S/C8H14N2O2/c1-5(2)8-3-6(10-12-8)7(11)4-9/h3,5,7,11H,4,9H2,1-2H3. The first-order valence-electron chi connectivity index (χ1n) is 3.99. The number of aromatic nitrogens is 1. The number of nitrogens with two attached hydrogens (primary N) is 1. The normalized spacial score (nSPS) is 13.8. The molecule has 0 aliphatic rings. The van der Waals surface area contributed by atoms with Crippen molar-refractivity contribution in [2.45, 2.75) is 25.9 Å². The Bertz CT molecular complexity index is 245. The minimum atomic E-state index is -0.707. The molecule has 0 aliphatic carbocycles. The average Bonchev–Trinajstić information content (AvgIpc) is 2.51. The molecule has 0 radical (unpaired) electrons. The van der Waals surface area contributed by atoms with Crippen LogP contribution in [-0.4, -0.2) is 16.8 Å². The number of aliphatic hydroxyl groups excluding tert-OH is 1. The van der Waals surface area contributed by atoms with Gasteiger partial charge in [-0.3, -0.25) is 0 Å². The molecule has 0 saturated heterocycles. The predicted molar refractivity (Wildman–Crippen MR) is 44.6 cm³/mol. The van der Waals surface area contributed by atoms with Crippen LogP contribution in [0.25, 0.3) is 0 Å². The second kappa shape index (κ2) is 3.69. The van der Waals surface area contributed by atoms with Crippen molar-refractivity contribution in [3.05, 3.63) is 17.5 Å². The lowest BCUT2D eigenvalue weighted by atomic mass is 10.1. The third-order valence-corrected chi connectivity index (χ3v) is 1.68. The van der Waals surface area contributed by atoms with Gasteiger partial charge in [0.15, 0.2) is 0 Å². The summed E-state index contributed by atoms with van der Waals surface area (Å²) < 4.78 is 4.98. The minimum Gasteiger partial charge on any atom is -0.385 e. The van der Waals surface area contributed by atoms with Crippen molar-refractivity contribution in [2.75, 3.05) is 6.54 Å². The van der Waals surface area contributed by atoms with Crippen LogP contribution in [0.3, 0.4) is 0 Å². The Hall–Kier alpha value is -0.870. The van der Waals surface area contributed by atoms with Crippen molar-refractivity contribution in [1.29, 1.82) is 0 Å². The molecule has 0 aliphatic heterocycles. The lowest BCUT2D eigenvalue weighted by Crippen LogP contribution is -2.11. The molecule has 1 aromatic heterocycles. The molecule has 0 saturated carbocycles. The molecule has 3 N–H and O–H groups in total. The van der Waals surface area contributed by atoms with Gasteiger partial charge in [-0.05, 0) is 0 Å². The van der Waals surface area contributed by atoms with Gasteiger partial charge in [0, 0.05) is 18.5 Å². The number of rotatable bonds is 3. The van der Waals surface area contributed by atoms with Crippen LogP contribution in [0.15, 0.2) is 10.6 Å². The highest BCUT2D eigenvalue weighted by atomic mass is 16.5. The van der Waals surface area contributed by atoms with E-state index in [0.717, 1.165) is 5.76 Å². The molecule has 68 valence electrons. The summed E-state index contributed by atoms with van der Waals surface area (Å²) >= 11 is 0. The fraction of sp³-hybridized carbons (Fsp3) is 0.625. The van der Waals surface area contributed by atoms with Crippen LogP contribution in [0.2, 0.25) is 0 Å². The molecule has 4 heteroatoms. The van der Waals surface area contributed by atoms with Crippen LogP contribution in [0.5, 0.6) is 0 Å². The molecule has 1 unspecified atom stereocenters. The molecule has 0 amide bonds. The fourth-order valence-corrected chi connectivity index (χ4v) is 0.854. The molecular formula is C8H14N2O2. The Morgan fingerprint density at radius 2 is 2.33 bits per heavy atom. The van der Waals surface area contributed by atoms with Crippen LogP contribution in [0, 0.1) is 0 Å². The first-order valence-corrected chi connectivity index (χ1v) is 3.99. The molecule has 0 aromatic carbocycles. The van der Waals surface area contributed by atoms with E-state index in [9.17, 15) is 5.11 Å². The highest BCUT2D eigenvalue weighted by Gasteiger charge is 2.13. The highest BCUT2D eigenvalue weighted by molar-refractivity contribution is 5.10. The molecule has 0 spiro atoms. The number of hydrogen-bond acceptors (Lipinski definition) is 4. The van der Waals surface area contributed by atoms with Crippen LogP contribution in [0.4, 0.5) is 0 Å². The van der Waals surface area contributed by atoms with Gasteiger partial charge >= 0.3 is 0 Å². The van der Waals surface area contributed by atoms with Gasteiger partial charge in [-0.25, -0.2) is 0 Å². The van der Waals surface area contributed by atoms with E-state index in [4.69, 9.17) is 10.3 Å². The summed E-state index contributed by atoms with van der Waals surface area (Å²) in [7, 11) is 0. The first kappa shape index (κ1) is 9.22. The lowest BCUT2D eigenvalue weighted by Gasteiger charge is -1.99. The molecule has 1 heterocycles. The van der Waals surface area contributed by atoms with Crippen LogP contribution >= 0.6 is 0 Å². The molecule has 0 fully saturated rings. The summed E-state index contributed by atoms with van der Waals surface area (Å²) in [5.74, 6) is 1.06. The molecule has 1 atom stereocenters. The van der Waals surface area contributed by atoms with Gasteiger partial charge in [-0.2, -0.15) is 0 Å². The highest BCUT2D eigenvalue weighted by Crippen LogP contribution is 2.18. The molecule has 1 aromatic rings. The largest absolute Gasteiger partial charge is 0.385 e. The van der Waals surface area contributed by atoms with Crippen molar-refractivity contribution in [3.8, 4) is 0 Å². The van der Waals surface area contributed by atoms with E-state index in [0.29, 0.717) is 5.69 Å². The molecule has 4 nitrogen and oxygen atoms in total. The van der Waals surface area contributed by atoms with Gasteiger partial charge in [0.2, 0.25) is 0 Å². The zero-order valence-corrected chi connectivity index (χ0v) is 7.32. The van der Waals surface area contributed by atoms with E-state index >= 15 is 0 Å². The van der Waals surface area contributed by atoms with Crippen LogP contribution in [0.1, 0.15) is 37.3 Å². The monoisotopic (exact) mass is 170 g/mol. The van der Waals surface area contributed by atoms with E-state index in [2.05, 4.69) is 5.16 Å². The van der Waals surface area contributed by atoms with E-state index < -0.39 is 6.10 Å². The Labute approximate surface area is 71.4 Å². The maximum Gasteiger partial charge on any atom is 0.139 e. The zero-order chi connectivity index (χ0) is 9.14. The van der Waals surface area contributed by atoms with Crippen LogP contribution < -0.4 is 5.73 Å². The Kier molecular flexibility index (Phi) is 2.83. The molecule has 12 heavy (non-hydrogen) atoms. The van der Waals surface area contributed by atoms with Crippen molar-refractivity contribution >= 4 is 0 Å². The van der Waals surface area contributed by atoms with Gasteiger partial charge in [-0.15, -0.1) is 0 Å². The second-order valence-corrected chi connectivity index (χ2v) is 3.06. The Morgan fingerprint density at radius 3 is 2.75 bits per heavy atom. The number of nitrogens with zero attached hydrogens (tertiary/aromatic N) is 1. The van der Waals surface area contributed by atoms with Gasteiger partial charge in [0.1, 0.15) is 17.6 Å². The quantitative estimate of drug-likeness (QED) is 0.703. The molecule has 1 rings (SSSR count). The lowest BCUT2D eigenvalue weighted by molar-refractivity contribution is 0.175. The summed E-state index contributed by atoms with van der Waals surface area (Å²) in [6.45, 7) is 4.17. The smallest absolute Gasteiger partial charge is 0.139 e. The van der Waals surface area contributed by atoms with E-state index in [-0.39, 0.29) is 12.5 Å². The van der Waals surface area contributed by atoms with Crippen LogP contribution in [-0.2, 0) is 0 Å². The summed E-state index contributed by atoms with van der Waals surface area (Å²) in [5, 5.41) is 13.0. The third-order valence-electron chi connectivity index (χ3n) is 1.68.